The number of carbonyl (C=O) groups excluding carboxylic acids is 1. The first-order valence-corrected chi connectivity index (χ1v) is 6.57. The maximum absolute atomic E-state index is 11.8. The molecule has 1 rings (SSSR count). The molecular weight excluding hydrogens is 276 g/mol. The number of carbonyl (C=O) groups is 1. The third kappa shape index (κ3) is 5.02. The molecule has 0 saturated carbocycles. The normalized spacial score (nSPS) is 9.85. The highest BCUT2D eigenvalue weighted by molar-refractivity contribution is 5.85. The van der Waals surface area contributed by atoms with Crippen LogP contribution in [-0.2, 0) is 11.3 Å². The Hall–Kier alpha value is -1.26. The second-order valence-electron chi connectivity index (χ2n) is 4.90. The van der Waals surface area contributed by atoms with Crippen molar-refractivity contribution >= 4 is 18.3 Å². The molecule has 0 aliphatic rings. The molecule has 5 heteroatoms. The largest absolute Gasteiger partial charge is 0.496 e. The van der Waals surface area contributed by atoms with Crippen molar-refractivity contribution in [2.45, 2.75) is 33.2 Å². The molecule has 114 valence electrons. The van der Waals surface area contributed by atoms with Crippen molar-refractivity contribution in [2.75, 3.05) is 20.7 Å². The summed E-state index contributed by atoms with van der Waals surface area (Å²) in [5.74, 6) is 1.05. The van der Waals surface area contributed by atoms with Crippen LogP contribution in [0, 0.1) is 13.8 Å². The van der Waals surface area contributed by atoms with Crippen molar-refractivity contribution < 1.29 is 9.53 Å². The Morgan fingerprint density at radius 3 is 2.30 bits per heavy atom. The molecule has 0 aliphatic heterocycles. The zero-order chi connectivity index (χ0) is 14.4. The van der Waals surface area contributed by atoms with Crippen molar-refractivity contribution in [3.8, 4) is 5.75 Å². The van der Waals surface area contributed by atoms with Crippen molar-refractivity contribution in [3.05, 3.63) is 28.8 Å². The van der Waals surface area contributed by atoms with E-state index in [-0.39, 0.29) is 18.3 Å². The summed E-state index contributed by atoms with van der Waals surface area (Å²) >= 11 is 0. The minimum Gasteiger partial charge on any atom is -0.496 e. The molecule has 0 fully saturated rings. The third-order valence-electron chi connectivity index (χ3n) is 3.16. The predicted octanol–water partition coefficient (Wildman–Crippen LogP) is 2.43. The summed E-state index contributed by atoms with van der Waals surface area (Å²) in [7, 11) is 3.51. The van der Waals surface area contributed by atoms with Crippen LogP contribution in [0.3, 0.4) is 0 Å². The van der Waals surface area contributed by atoms with E-state index < -0.39 is 0 Å². The Labute approximate surface area is 127 Å². The van der Waals surface area contributed by atoms with Crippen LogP contribution in [0.5, 0.6) is 5.75 Å². The minimum atomic E-state index is 0. The number of halogens is 1. The minimum absolute atomic E-state index is 0. The summed E-state index contributed by atoms with van der Waals surface area (Å²) in [4.78, 5) is 13.6. The zero-order valence-electron chi connectivity index (χ0n) is 12.7. The second kappa shape index (κ2) is 8.82. The molecule has 20 heavy (non-hydrogen) atoms. The van der Waals surface area contributed by atoms with Crippen LogP contribution in [0.1, 0.15) is 29.5 Å². The molecule has 1 aromatic rings. The first-order chi connectivity index (χ1) is 8.99. The van der Waals surface area contributed by atoms with Gasteiger partial charge in [0.05, 0.1) is 7.11 Å². The Kier molecular flexibility index (Phi) is 8.26. The van der Waals surface area contributed by atoms with E-state index in [0.29, 0.717) is 19.5 Å². The van der Waals surface area contributed by atoms with Gasteiger partial charge in [0, 0.05) is 20.0 Å². The summed E-state index contributed by atoms with van der Waals surface area (Å²) < 4.78 is 5.34. The lowest BCUT2D eigenvalue weighted by Gasteiger charge is -2.19. The van der Waals surface area contributed by atoms with Crippen LogP contribution >= 0.6 is 12.4 Å². The van der Waals surface area contributed by atoms with Crippen molar-refractivity contribution in [2.24, 2.45) is 5.73 Å². The molecule has 0 saturated heterocycles. The molecule has 0 bridgehead atoms. The van der Waals surface area contributed by atoms with Gasteiger partial charge < -0.3 is 15.4 Å². The number of benzene rings is 1. The highest BCUT2D eigenvalue weighted by atomic mass is 35.5. The lowest BCUT2D eigenvalue weighted by Crippen LogP contribution is -2.26. The molecule has 0 heterocycles. The quantitative estimate of drug-likeness (QED) is 0.878. The summed E-state index contributed by atoms with van der Waals surface area (Å²) in [5.41, 5.74) is 8.74. The molecule has 1 amide bonds. The lowest BCUT2D eigenvalue weighted by atomic mass is 10.1. The monoisotopic (exact) mass is 300 g/mol. The van der Waals surface area contributed by atoms with Crippen molar-refractivity contribution in [1.29, 1.82) is 0 Å². The first-order valence-electron chi connectivity index (χ1n) is 6.57. The molecule has 0 aromatic heterocycles. The van der Waals surface area contributed by atoms with Gasteiger partial charge in [-0.1, -0.05) is 12.1 Å². The van der Waals surface area contributed by atoms with E-state index in [1.807, 2.05) is 20.9 Å². The average molecular weight is 301 g/mol. The lowest BCUT2D eigenvalue weighted by molar-refractivity contribution is -0.130. The molecular formula is C15H25ClN2O2. The number of amides is 1. The molecule has 0 spiro atoms. The molecule has 1 aromatic carbocycles. The number of nitrogens with two attached hydrogens (primary N) is 1. The fourth-order valence-corrected chi connectivity index (χ4v) is 2.26. The number of rotatable bonds is 6. The van der Waals surface area contributed by atoms with Gasteiger partial charge >= 0.3 is 0 Å². The van der Waals surface area contributed by atoms with E-state index >= 15 is 0 Å². The first kappa shape index (κ1) is 18.7. The Morgan fingerprint density at radius 1 is 1.30 bits per heavy atom. The number of hydrogen-bond donors (Lipinski definition) is 1. The van der Waals surface area contributed by atoms with Gasteiger partial charge in [-0.15, -0.1) is 12.4 Å². The van der Waals surface area contributed by atoms with Gasteiger partial charge in [-0.2, -0.15) is 0 Å². The van der Waals surface area contributed by atoms with E-state index in [1.165, 1.54) is 0 Å². The van der Waals surface area contributed by atoms with Crippen LogP contribution in [0.4, 0.5) is 0 Å². The van der Waals surface area contributed by atoms with E-state index in [1.54, 1.807) is 12.0 Å². The Bertz CT molecular complexity index is 426. The maximum Gasteiger partial charge on any atom is 0.222 e. The van der Waals surface area contributed by atoms with Crippen LogP contribution in [-0.4, -0.2) is 31.5 Å². The molecule has 0 radical (unpaired) electrons. The maximum atomic E-state index is 11.8. The fraction of sp³-hybridized carbons (Fsp3) is 0.533. The SMILES string of the molecule is COc1c(C)cc(CN(C)C(=O)CCCN)cc1C.Cl. The summed E-state index contributed by atoms with van der Waals surface area (Å²) in [6.45, 7) is 5.21. The molecule has 0 unspecified atom stereocenters. The van der Waals surface area contributed by atoms with Gasteiger partial charge in [-0.05, 0) is 43.5 Å². The molecule has 4 nitrogen and oxygen atoms in total. The third-order valence-corrected chi connectivity index (χ3v) is 3.16. The van der Waals surface area contributed by atoms with Gasteiger partial charge in [0.1, 0.15) is 5.75 Å². The van der Waals surface area contributed by atoms with Gasteiger partial charge in [0.2, 0.25) is 5.91 Å². The van der Waals surface area contributed by atoms with Gasteiger partial charge in [-0.25, -0.2) is 0 Å². The van der Waals surface area contributed by atoms with Gasteiger partial charge in [-0.3, -0.25) is 4.79 Å². The number of hydrogen-bond acceptors (Lipinski definition) is 3. The van der Waals surface area contributed by atoms with Crippen LogP contribution in [0.2, 0.25) is 0 Å². The topological polar surface area (TPSA) is 55.6 Å². The Morgan fingerprint density at radius 2 is 1.85 bits per heavy atom. The standard InChI is InChI=1S/C15H24N2O2.ClH/c1-11-8-13(9-12(2)15(11)19-4)10-17(3)14(18)6-5-7-16;/h8-9H,5-7,10,16H2,1-4H3;1H. The number of aryl methyl sites for hydroxylation is 2. The van der Waals surface area contributed by atoms with Crippen molar-refractivity contribution in [3.63, 3.8) is 0 Å². The smallest absolute Gasteiger partial charge is 0.222 e. The summed E-state index contributed by atoms with van der Waals surface area (Å²) in [6.07, 6.45) is 1.25. The van der Waals surface area contributed by atoms with Gasteiger partial charge in [0.25, 0.3) is 0 Å². The van der Waals surface area contributed by atoms with Crippen LogP contribution < -0.4 is 10.5 Å². The summed E-state index contributed by atoms with van der Waals surface area (Å²) in [5, 5.41) is 0. The zero-order valence-corrected chi connectivity index (χ0v) is 13.5. The van der Waals surface area contributed by atoms with Crippen LogP contribution in [0.15, 0.2) is 12.1 Å². The number of nitrogens with zero attached hydrogens (tertiary/aromatic N) is 1. The van der Waals surface area contributed by atoms with E-state index in [2.05, 4.69) is 12.1 Å². The molecule has 0 aliphatic carbocycles. The van der Waals surface area contributed by atoms with E-state index in [0.717, 1.165) is 28.9 Å². The van der Waals surface area contributed by atoms with E-state index in [9.17, 15) is 4.79 Å². The average Bonchev–Trinajstić information content (AvgIpc) is 2.35. The van der Waals surface area contributed by atoms with Crippen LogP contribution in [0.25, 0.3) is 0 Å². The number of methoxy groups -OCH3 is 1. The predicted molar refractivity (Wildman–Crippen MR) is 84.5 cm³/mol. The highest BCUT2D eigenvalue weighted by Gasteiger charge is 2.11. The molecule has 0 atom stereocenters. The van der Waals surface area contributed by atoms with Crippen molar-refractivity contribution in [1.82, 2.24) is 4.90 Å². The summed E-state index contributed by atoms with van der Waals surface area (Å²) in [6, 6.07) is 4.14. The molecule has 2 N–H and O–H groups in total. The fourth-order valence-electron chi connectivity index (χ4n) is 2.26. The van der Waals surface area contributed by atoms with Gasteiger partial charge in [0.15, 0.2) is 0 Å². The second-order valence-corrected chi connectivity index (χ2v) is 4.90. The number of ether oxygens (including phenoxy) is 1. The van der Waals surface area contributed by atoms with E-state index in [4.69, 9.17) is 10.5 Å². The Balaban J connectivity index is 0.00000361. The highest BCUT2D eigenvalue weighted by Crippen LogP contribution is 2.24.